The van der Waals surface area contributed by atoms with Gasteiger partial charge in [-0.25, -0.2) is 4.39 Å². The van der Waals surface area contributed by atoms with E-state index in [1.165, 1.54) is 12.1 Å². The molecule has 1 fully saturated rings. The Morgan fingerprint density at radius 3 is 2.65 bits per heavy atom. The number of hydrogen-bond donors (Lipinski definition) is 1. The van der Waals surface area contributed by atoms with Gasteiger partial charge >= 0.3 is 0 Å². The van der Waals surface area contributed by atoms with Gasteiger partial charge in [0.1, 0.15) is 11.6 Å². The van der Waals surface area contributed by atoms with Crippen molar-refractivity contribution < 1.29 is 13.9 Å². The first-order valence-electron chi connectivity index (χ1n) is 8.43. The van der Waals surface area contributed by atoms with E-state index >= 15 is 0 Å². The molecule has 1 N–H and O–H groups in total. The summed E-state index contributed by atoms with van der Waals surface area (Å²) in [5.74, 6) is -0.476. The van der Waals surface area contributed by atoms with Gasteiger partial charge in [0.05, 0.1) is 16.4 Å². The molecular weight excluding hydrogens is 357 g/mol. The largest absolute Gasteiger partial charge is 0.482 e. The lowest BCUT2D eigenvalue weighted by Gasteiger charge is -2.35. The second kappa shape index (κ2) is 8.38. The number of carbonyl (C=O) groups is 1. The van der Waals surface area contributed by atoms with Gasteiger partial charge in [0.2, 0.25) is 0 Å². The zero-order valence-electron chi connectivity index (χ0n) is 14.5. The van der Waals surface area contributed by atoms with Crippen molar-refractivity contribution in [2.75, 3.05) is 50.1 Å². The summed E-state index contributed by atoms with van der Waals surface area (Å²) in [5, 5.41) is 3.02. The minimum Gasteiger partial charge on any atom is -0.482 e. The van der Waals surface area contributed by atoms with E-state index in [0.29, 0.717) is 0 Å². The number of piperazine rings is 1. The van der Waals surface area contributed by atoms with Crippen molar-refractivity contribution >= 4 is 28.9 Å². The first kappa shape index (κ1) is 18.5. The van der Waals surface area contributed by atoms with Crippen LogP contribution in [-0.4, -0.2) is 50.6 Å². The van der Waals surface area contributed by atoms with Crippen molar-refractivity contribution in [2.45, 2.75) is 0 Å². The topological polar surface area (TPSA) is 44.8 Å². The van der Waals surface area contributed by atoms with Gasteiger partial charge in [-0.1, -0.05) is 23.7 Å². The second-order valence-corrected chi connectivity index (χ2v) is 6.63. The number of benzene rings is 2. The molecule has 0 spiro atoms. The molecule has 1 amide bonds. The zero-order valence-corrected chi connectivity index (χ0v) is 15.3. The molecule has 26 heavy (non-hydrogen) atoms. The number of para-hydroxylation sites is 2. The summed E-state index contributed by atoms with van der Waals surface area (Å²) in [7, 11) is 2.10. The maximum atomic E-state index is 13.1. The number of amides is 1. The summed E-state index contributed by atoms with van der Waals surface area (Å²) in [6.45, 7) is 3.57. The fourth-order valence-corrected chi connectivity index (χ4v) is 3.05. The standard InChI is InChI=1S/C19H21ClFN3O2/c1-23-8-10-24(11-9-23)17-5-3-2-4-16(17)22-19(25)13-26-18-7-6-14(21)12-15(18)20/h2-7,12H,8-11,13H2,1H3,(H,22,25). The highest BCUT2D eigenvalue weighted by molar-refractivity contribution is 6.32. The third kappa shape index (κ3) is 4.65. The summed E-state index contributed by atoms with van der Waals surface area (Å²) in [6.07, 6.45) is 0. The number of rotatable bonds is 5. The van der Waals surface area contributed by atoms with Crippen LogP contribution in [0.3, 0.4) is 0 Å². The molecule has 0 saturated carbocycles. The Morgan fingerprint density at radius 1 is 1.19 bits per heavy atom. The molecule has 2 aromatic rings. The Bertz CT molecular complexity index is 779. The fraction of sp³-hybridized carbons (Fsp3) is 0.316. The number of hydrogen-bond acceptors (Lipinski definition) is 4. The predicted molar refractivity (Wildman–Crippen MR) is 102 cm³/mol. The second-order valence-electron chi connectivity index (χ2n) is 6.22. The number of nitrogens with zero attached hydrogens (tertiary/aromatic N) is 2. The molecular formula is C19H21ClFN3O2. The van der Waals surface area contributed by atoms with Gasteiger partial charge in [0, 0.05) is 26.2 Å². The Hall–Kier alpha value is -2.31. The van der Waals surface area contributed by atoms with Crippen LogP contribution in [0.15, 0.2) is 42.5 Å². The third-order valence-corrected chi connectivity index (χ3v) is 4.57. The molecule has 5 nitrogen and oxygen atoms in total. The maximum absolute atomic E-state index is 13.1. The molecule has 0 aliphatic carbocycles. The maximum Gasteiger partial charge on any atom is 0.262 e. The van der Waals surface area contributed by atoms with Crippen LogP contribution in [0.25, 0.3) is 0 Å². The third-order valence-electron chi connectivity index (χ3n) is 4.27. The van der Waals surface area contributed by atoms with Gasteiger partial charge in [0.15, 0.2) is 6.61 Å². The van der Waals surface area contributed by atoms with Crippen molar-refractivity contribution in [1.29, 1.82) is 0 Å². The smallest absolute Gasteiger partial charge is 0.262 e. The summed E-state index contributed by atoms with van der Waals surface area (Å²) in [4.78, 5) is 16.8. The van der Waals surface area contributed by atoms with E-state index in [1.54, 1.807) is 0 Å². The van der Waals surface area contributed by atoms with Gasteiger partial charge in [0.25, 0.3) is 5.91 Å². The Balaban J connectivity index is 1.62. The van der Waals surface area contributed by atoms with E-state index in [1.807, 2.05) is 24.3 Å². The first-order chi connectivity index (χ1) is 12.5. The van der Waals surface area contributed by atoms with Crippen LogP contribution in [0.5, 0.6) is 5.75 Å². The highest BCUT2D eigenvalue weighted by Crippen LogP contribution is 2.27. The molecule has 1 aliphatic rings. The molecule has 7 heteroatoms. The van der Waals surface area contributed by atoms with Crippen molar-refractivity contribution in [1.82, 2.24) is 4.90 Å². The van der Waals surface area contributed by atoms with Crippen LogP contribution in [0.2, 0.25) is 5.02 Å². The average molecular weight is 378 g/mol. The molecule has 138 valence electrons. The van der Waals surface area contributed by atoms with Crippen molar-refractivity contribution in [3.05, 3.63) is 53.3 Å². The lowest BCUT2D eigenvalue weighted by atomic mass is 10.2. The quantitative estimate of drug-likeness (QED) is 0.868. The summed E-state index contributed by atoms with van der Waals surface area (Å²) >= 11 is 5.90. The van der Waals surface area contributed by atoms with Gasteiger partial charge in [-0.15, -0.1) is 0 Å². The Morgan fingerprint density at radius 2 is 1.92 bits per heavy atom. The molecule has 1 saturated heterocycles. The number of ether oxygens (including phenoxy) is 1. The SMILES string of the molecule is CN1CCN(c2ccccc2NC(=O)COc2ccc(F)cc2Cl)CC1. The monoisotopic (exact) mass is 377 g/mol. The molecule has 0 atom stereocenters. The van der Waals surface area contributed by atoms with Crippen LogP contribution in [0.1, 0.15) is 0 Å². The van der Waals surface area contributed by atoms with Crippen molar-refractivity contribution in [2.24, 2.45) is 0 Å². The number of anilines is 2. The van der Waals surface area contributed by atoms with Crippen molar-refractivity contribution in [3.63, 3.8) is 0 Å². The van der Waals surface area contributed by atoms with E-state index < -0.39 is 5.82 Å². The van der Waals surface area contributed by atoms with Crippen LogP contribution in [0.4, 0.5) is 15.8 Å². The van der Waals surface area contributed by atoms with Crippen LogP contribution < -0.4 is 15.0 Å². The number of likely N-dealkylation sites (N-methyl/N-ethyl adjacent to an activating group) is 1. The lowest BCUT2D eigenvalue weighted by molar-refractivity contribution is -0.118. The molecule has 0 unspecified atom stereocenters. The average Bonchev–Trinajstić information content (AvgIpc) is 2.62. The minimum atomic E-state index is -0.451. The Kier molecular flexibility index (Phi) is 5.96. The number of nitrogens with one attached hydrogen (secondary N) is 1. The predicted octanol–water partition coefficient (Wildman–Crippen LogP) is 3.25. The Labute approximate surface area is 157 Å². The fourth-order valence-electron chi connectivity index (χ4n) is 2.82. The van der Waals surface area contributed by atoms with Gasteiger partial charge in [-0.2, -0.15) is 0 Å². The molecule has 1 aliphatic heterocycles. The van der Waals surface area contributed by atoms with Crippen LogP contribution in [0, 0.1) is 5.82 Å². The normalized spacial score (nSPS) is 15.0. The van der Waals surface area contributed by atoms with E-state index in [2.05, 4.69) is 22.2 Å². The summed E-state index contributed by atoms with van der Waals surface area (Å²) < 4.78 is 18.4. The number of carbonyl (C=O) groups excluding carboxylic acids is 1. The van der Waals surface area contributed by atoms with E-state index in [4.69, 9.17) is 16.3 Å². The van der Waals surface area contributed by atoms with Gasteiger partial charge in [-0.3, -0.25) is 4.79 Å². The van der Waals surface area contributed by atoms with E-state index in [9.17, 15) is 9.18 Å². The van der Waals surface area contributed by atoms with Gasteiger partial charge in [-0.05, 0) is 37.4 Å². The zero-order chi connectivity index (χ0) is 18.5. The molecule has 2 aromatic carbocycles. The van der Waals surface area contributed by atoms with Crippen LogP contribution in [-0.2, 0) is 4.79 Å². The van der Waals surface area contributed by atoms with Crippen LogP contribution >= 0.6 is 11.6 Å². The molecule has 0 aromatic heterocycles. The molecule has 0 radical (unpaired) electrons. The van der Waals surface area contributed by atoms with E-state index in [-0.39, 0.29) is 23.3 Å². The highest BCUT2D eigenvalue weighted by atomic mass is 35.5. The highest BCUT2D eigenvalue weighted by Gasteiger charge is 2.18. The first-order valence-corrected chi connectivity index (χ1v) is 8.81. The molecule has 1 heterocycles. The lowest BCUT2D eigenvalue weighted by Crippen LogP contribution is -2.44. The minimum absolute atomic E-state index is 0.135. The summed E-state index contributed by atoms with van der Waals surface area (Å²) in [5.41, 5.74) is 1.74. The van der Waals surface area contributed by atoms with E-state index in [0.717, 1.165) is 43.6 Å². The van der Waals surface area contributed by atoms with Crippen molar-refractivity contribution in [3.8, 4) is 5.75 Å². The molecule has 0 bridgehead atoms. The summed E-state index contributed by atoms with van der Waals surface area (Å²) in [6, 6.07) is 11.5. The van der Waals surface area contributed by atoms with Gasteiger partial charge < -0.3 is 19.9 Å². The number of halogens is 2. The molecule has 3 rings (SSSR count).